The van der Waals surface area contributed by atoms with Crippen LogP contribution in [0.5, 0.6) is 5.75 Å². The molecular weight excluding hydrogens is 420 g/mol. The molecule has 5 nitrogen and oxygen atoms in total. The molecule has 3 aliphatic rings. The van der Waals surface area contributed by atoms with Crippen molar-refractivity contribution in [1.29, 1.82) is 0 Å². The van der Waals surface area contributed by atoms with Crippen molar-refractivity contribution in [2.45, 2.75) is 43.9 Å². The van der Waals surface area contributed by atoms with Gasteiger partial charge in [-0.1, -0.05) is 23.2 Å². The van der Waals surface area contributed by atoms with Gasteiger partial charge in [0.25, 0.3) is 5.91 Å². The normalized spacial score (nSPS) is 27.8. The molecule has 2 amide bonds. The van der Waals surface area contributed by atoms with Crippen LogP contribution in [0.2, 0.25) is 10.0 Å². The molecule has 0 unspecified atom stereocenters. The summed E-state index contributed by atoms with van der Waals surface area (Å²) in [6, 6.07) is 1.99. The van der Waals surface area contributed by atoms with Crippen LogP contribution in [-0.2, 0) is 4.79 Å². The molecule has 0 spiro atoms. The first-order chi connectivity index (χ1) is 13.0. The number of halogens is 5. The van der Waals surface area contributed by atoms with E-state index in [0.717, 1.165) is 0 Å². The van der Waals surface area contributed by atoms with E-state index in [2.05, 4.69) is 5.32 Å². The summed E-state index contributed by atoms with van der Waals surface area (Å²) in [6.45, 7) is 0.189. The fourth-order valence-corrected chi connectivity index (χ4v) is 4.88. The second-order valence-electron chi connectivity index (χ2n) is 7.79. The summed E-state index contributed by atoms with van der Waals surface area (Å²) in [4.78, 5) is 26.3. The molecule has 2 aliphatic carbocycles. The minimum absolute atomic E-state index is 0.0516. The van der Waals surface area contributed by atoms with Crippen molar-refractivity contribution in [1.82, 2.24) is 10.2 Å². The van der Waals surface area contributed by atoms with Crippen LogP contribution in [0.3, 0.4) is 0 Å². The molecule has 4 rings (SSSR count). The lowest BCUT2D eigenvalue weighted by Crippen LogP contribution is -2.51. The second kappa shape index (κ2) is 6.42. The second-order valence-corrected chi connectivity index (χ2v) is 8.63. The lowest BCUT2D eigenvalue weighted by molar-refractivity contribution is -0.199. The summed E-state index contributed by atoms with van der Waals surface area (Å²) >= 11 is 11.7. The summed E-state index contributed by atoms with van der Waals surface area (Å²) in [7, 11) is 0. The Labute approximate surface area is 168 Å². The molecular formula is C18H17Cl2F3N2O3. The highest BCUT2D eigenvalue weighted by Crippen LogP contribution is 2.59. The topological polar surface area (TPSA) is 69.6 Å². The summed E-state index contributed by atoms with van der Waals surface area (Å²) in [5, 5.41) is 12.9. The maximum Gasteiger partial charge on any atom is 0.403 e. The molecule has 2 bridgehead atoms. The van der Waals surface area contributed by atoms with Gasteiger partial charge in [-0.2, -0.15) is 13.2 Å². The van der Waals surface area contributed by atoms with E-state index in [4.69, 9.17) is 23.2 Å². The van der Waals surface area contributed by atoms with E-state index in [9.17, 15) is 27.9 Å². The van der Waals surface area contributed by atoms with Gasteiger partial charge in [-0.25, -0.2) is 0 Å². The zero-order chi connectivity index (χ0) is 20.4. The quantitative estimate of drug-likeness (QED) is 0.757. The van der Waals surface area contributed by atoms with Gasteiger partial charge in [-0.15, -0.1) is 0 Å². The number of nitrogens with one attached hydrogen (secondary N) is 1. The molecule has 1 aromatic carbocycles. The Balaban J connectivity index is 1.43. The molecule has 3 atom stereocenters. The van der Waals surface area contributed by atoms with Crippen molar-refractivity contribution in [2.75, 3.05) is 6.54 Å². The number of aromatic hydroxyl groups is 1. The van der Waals surface area contributed by atoms with Crippen LogP contribution in [0.15, 0.2) is 12.1 Å². The minimum atomic E-state index is -4.52. The van der Waals surface area contributed by atoms with Crippen molar-refractivity contribution in [3.05, 3.63) is 27.7 Å². The van der Waals surface area contributed by atoms with E-state index in [-0.39, 0.29) is 58.7 Å². The zero-order valence-electron chi connectivity index (χ0n) is 14.5. The number of phenols is 1. The Morgan fingerprint density at radius 3 is 2.43 bits per heavy atom. The molecule has 10 heteroatoms. The fraction of sp³-hybridized carbons (Fsp3) is 0.556. The third-order valence-electron chi connectivity index (χ3n) is 6.09. The van der Waals surface area contributed by atoms with Crippen LogP contribution in [0, 0.1) is 11.3 Å². The van der Waals surface area contributed by atoms with Gasteiger partial charge in [0.2, 0.25) is 5.91 Å². The molecule has 152 valence electrons. The highest BCUT2D eigenvalue weighted by molar-refractivity contribution is 6.36. The first-order valence-electron chi connectivity index (χ1n) is 8.90. The molecule has 1 aromatic rings. The first-order valence-corrected chi connectivity index (χ1v) is 9.66. The van der Waals surface area contributed by atoms with Gasteiger partial charge < -0.3 is 15.3 Å². The number of benzene rings is 1. The van der Waals surface area contributed by atoms with E-state index >= 15 is 0 Å². The predicted molar refractivity (Wildman–Crippen MR) is 95.3 cm³/mol. The van der Waals surface area contributed by atoms with Crippen LogP contribution >= 0.6 is 23.2 Å². The van der Waals surface area contributed by atoms with Gasteiger partial charge >= 0.3 is 6.18 Å². The third kappa shape index (κ3) is 3.01. The van der Waals surface area contributed by atoms with Crippen LogP contribution in [-0.4, -0.2) is 46.6 Å². The van der Waals surface area contributed by atoms with Gasteiger partial charge in [0.05, 0.1) is 10.6 Å². The number of nitrogens with zero attached hydrogens (tertiary/aromatic N) is 1. The molecule has 1 saturated heterocycles. The summed E-state index contributed by atoms with van der Waals surface area (Å²) in [5.41, 5.74) is -2.28. The van der Waals surface area contributed by atoms with Crippen LogP contribution < -0.4 is 5.32 Å². The maximum absolute atomic E-state index is 13.2. The molecule has 0 aromatic heterocycles. The monoisotopic (exact) mass is 436 g/mol. The number of rotatable bonds is 3. The van der Waals surface area contributed by atoms with Crippen molar-refractivity contribution in [2.24, 2.45) is 11.3 Å². The largest absolute Gasteiger partial charge is 0.506 e. The number of fused-ring (bicyclic) bond motifs is 2. The average Bonchev–Trinajstić information content (AvgIpc) is 3.22. The average molecular weight is 437 g/mol. The molecule has 0 radical (unpaired) electrons. The number of piperidine rings is 1. The highest BCUT2D eigenvalue weighted by atomic mass is 35.5. The van der Waals surface area contributed by atoms with E-state index in [1.807, 2.05) is 0 Å². The van der Waals surface area contributed by atoms with Crippen molar-refractivity contribution < 1.29 is 27.9 Å². The van der Waals surface area contributed by atoms with Gasteiger partial charge in [0.1, 0.15) is 11.2 Å². The lowest BCUT2D eigenvalue weighted by atomic mass is 9.99. The smallest absolute Gasteiger partial charge is 0.403 e. The van der Waals surface area contributed by atoms with Crippen molar-refractivity contribution >= 4 is 35.0 Å². The lowest BCUT2D eigenvalue weighted by Gasteiger charge is -2.35. The molecule has 1 aliphatic heterocycles. The van der Waals surface area contributed by atoms with Gasteiger partial charge in [-0.05, 0) is 43.7 Å². The van der Waals surface area contributed by atoms with Crippen LogP contribution in [0.25, 0.3) is 0 Å². The highest BCUT2D eigenvalue weighted by Gasteiger charge is 2.70. The summed E-state index contributed by atoms with van der Waals surface area (Å²) < 4.78 is 39.7. The molecule has 1 heterocycles. The zero-order valence-corrected chi connectivity index (χ0v) is 16.0. The molecule has 2 N–H and O–H groups in total. The van der Waals surface area contributed by atoms with Gasteiger partial charge in [-0.3, -0.25) is 9.59 Å². The maximum atomic E-state index is 13.2. The summed E-state index contributed by atoms with van der Waals surface area (Å²) in [5.74, 6) is -1.91. The number of alkyl halides is 3. The Morgan fingerprint density at radius 1 is 1.21 bits per heavy atom. The molecule has 2 saturated carbocycles. The van der Waals surface area contributed by atoms with E-state index < -0.39 is 23.4 Å². The van der Waals surface area contributed by atoms with Crippen LogP contribution in [0.1, 0.15) is 36.0 Å². The van der Waals surface area contributed by atoms with E-state index in [1.54, 1.807) is 0 Å². The Hall–Kier alpha value is -1.67. The number of hydrogen-bond acceptors (Lipinski definition) is 3. The number of amides is 2. The Bertz CT molecular complexity index is 857. The first kappa shape index (κ1) is 19.6. The number of phenolic OH excluding ortho intramolecular Hbond substituents is 1. The number of likely N-dealkylation sites (tertiary alicyclic amines) is 1. The van der Waals surface area contributed by atoms with Crippen molar-refractivity contribution in [3.8, 4) is 5.75 Å². The summed E-state index contributed by atoms with van der Waals surface area (Å²) in [6.07, 6.45) is -3.91. The molecule has 3 fully saturated rings. The van der Waals surface area contributed by atoms with Gasteiger partial charge in [0.15, 0.2) is 0 Å². The number of carbonyl (C=O) groups excluding carboxylic acids is 2. The Morgan fingerprint density at radius 2 is 1.89 bits per heavy atom. The third-order valence-corrected chi connectivity index (χ3v) is 6.60. The number of carbonyl (C=O) groups is 2. The fourth-order valence-electron chi connectivity index (χ4n) is 4.38. The van der Waals surface area contributed by atoms with Gasteiger partial charge in [0, 0.05) is 23.7 Å². The van der Waals surface area contributed by atoms with Crippen molar-refractivity contribution in [3.63, 3.8) is 0 Å². The SMILES string of the molecule is O=C(N[C@H]1C[C@H]2C[C@@H]1CN2C(=O)C1(C(F)(F)F)CC1)c1cc(Cl)cc(Cl)c1O. The predicted octanol–water partition coefficient (Wildman–Crippen LogP) is 3.76. The number of hydrogen-bond donors (Lipinski definition) is 2. The van der Waals surface area contributed by atoms with E-state index in [1.165, 1.54) is 17.0 Å². The standard InChI is InChI=1S/C18H17Cl2F3N2O3/c19-9-4-11(14(26)12(20)5-9)15(27)24-13-6-10-3-8(13)7-25(10)16(28)17(1-2-17)18(21,22)23/h4-5,8,10,13,26H,1-3,6-7H2,(H,24,27)/t8-,10-,13+/m1/s1. The Kier molecular flexibility index (Phi) is 4.50. The van der Waals surface area contributed by atoms with E-state index in [0.29, 0.717) is 12.8 Å². The van der Waals surface area contributed by atoms with Crippen LogP contribution in [0.4, 0.5) is 13.2 Å². The molecule has 28 heavy (non-hydrogen) atoms. The minimum Gasteiger partial charge on any atom is -0.506 e.